The van der Waals surface area contributed by atoms with Crippen LogP contribution >= 0.6 is 22.9 Å². The van der Waals surface area contributed by atoms with Gasteiger partial charge in [-0.1, -0.05) is 103 Å². The Labute approximate surface area is 229 Å². The van der Waals surface area contributed by atoms with Crippen molar-refractivity contribution in [1.29, 1.82) is 0 Å². The molecule has 0 N–H and O–H groups in total. The van der Waals surface area contributed by atoms with Gasteiger partial charge in [0.25, 0.3) is 0 Å². The maximum atomic E-state index is 6.13. The van der Waals surface area contributed by atoms with Gasteiger partial charge in [0.2, 0.25) is 0 Å². The molecule has 0 atom stereocenters. The van der Waals surface area contributed by atoms with Gasteiger partial charge in [-0.2, -0.15) is 0 Å². The van der Waals surface area contributed by atoms with Gasteiger partial charge in [0, 0.05) is 41.9 Å². The highest BCUT2D eigenvalue weighted by Gasteiger charge is 2.14. The number of hydrogen-bond acceptors (Lipinski definition) is 4. The van der Waals surface area contributed by atoms with Crippen molar-refractivity contribution >= 4 is 43.1 Å². The molecule has 3 nitrogen and oxygen atoms in total. The highest BCUT2D eigenvalue weighted by molar-refractivity contribution is 7.26. The first-order chi connectivity index (χ1) is 18.7. The molecule has 0 radical (unpaired) electrons. The number of rotatable bonds is 4. The van der Waals surface area contributed by atoms with Crippen molar-refractivity contribution in [3.05, 3.63) is 126 Å². The zero-order chi connectivity index (χ0) is 25.5. The first kappa shape index (κ1) is 22.8. The van der Waals surface area contributed by atoms with E-state index >= 15 is 0 Å². The van der Waals surface area contributed by atoms with Gasteiger partial charge in [-0.3, -0.25) is 0 Å². The van der Waals surface area contributed by atoms with Crippen LogP contribution in [0.1, 0.15) is 0 Å². The van der Waals surface area contributed by atoms with Crippen LogP contribution in [-0.2, 0) is 0 Å². The van der Waals surface area contributed by atoms with E-state index < -0.39 is 0 Å². The van der Waals surface area contributed by atoms with E-state index in [1.165, 1.54) is 31.3 Å². The van der Waals surface area contributed by atoms with Gasteiger partial charge in [-0.05, 0) is 41.5 Å². The third kappa shape index (κ3) is 4.14. The Morgan fingerprint density at radius 2 is 0.974 bits per heavy atom. The second-order valence-electron chi connectivity index (χ2n) is 9.04. The predicted octanol–water partition coefficient (Wildman–Crippen LogP) is 9.56. The number of thiophene rings is 1. The molecule has 0 saturated heterocycles. The Morgan fingerprint density at radius 3 is 1.66 bits per heavy atom. The van der Waals surface area contributed by atoms with E-state index in [2.05, 4.69) is 66.7 Å². The number of hydrogen-bond donors (Lipinski definition) is 0. The lowest BCUT2D eigenvalue weighted by atomic mass is 10.0. The predicted molar refractivity (Wildman–Crippen MR) is 159 cm³/mol. The second kappa shape index (κ2) is 9.49. The summed E-state index contributed by atoms with van der Waals surface area (Å²) in [5, 5.41) is 3.28. The quantitative estimate of drug-likeness (QED) is 0.229. The summed E-state index contributed by atoms with van der Waals surface area (Å²) in [6, 6.07) is 41.2. The van der Waals surface area contributed by atoms with Crippen LogP contribution in [0.15, 0.2) is 121 Å². The fourth-order valence-corrected chi connectivity index (χ4v) is 6.09. The van der Waals surface area contributed by atoms with Gasteiger partial charge in [0.1, 0.15) is 0 Å². The van der Waals surface area contributed by atoms with Crippen LogP contribution in [0.2, 0.25) is 5.02 Å². The van der Waals surface area contributed by atoms with E-state index in [9.17, 15) is 0 Å². The third-order valence-corrected chi connectivity index (χ3v) is 8.10. The second-order valence-corrected chi connectivity index (χ2v) is 10.5. The van der Waals surface area contributed by atoms with Crippen molar-refractivity contribution in [2.75, 3.05) is 0 Å². The van der Waals surface area contributed by atoms with E-state index in [0.717, 1.165) is 16.7 Å². The van der Waals surface area contributed by atoms with Crippen molar-refractivity contribution in [2.45, 2.75) is 0 Å². The Hall–Kier alpha value is -4.38. The van der Waals surface area contributed by atoms with Crippen LogP contribution in [-0.4, -0.2) is 15.0 Å². The SMILES string of the molecule is Clc1ccc(-c2nc(-c3ccccc3)nc(-c3ccc(-c4cccc5c4sc4ccccc45)cc3)n2)cc1. The standard InChI is InChI=1S/C33H20ClN3S/c34-25-19-17-24(18-20-25)33-36-31(22-7-2-1-3-8-22)35-32(37-33)23-15-13-21(14-16-23)26-10-6-11-28-27-9-4-5-12-29(27)38-30(26)28/h1-20H. The topological polar surface area (TPSA) is 38.7 Å². The first-order valence-electron chi connectivity index (χ1n) is 12.3. The largest absolute Gasteiger partial charge is 0.208 e. The maximum absolute atomic E-state index is 6.13. The lowest BCUT2D eigenvalue weighted by Gasteiger charge is -2.09. The molecule has 38 heavy (non-hydrogen) atoms. The normalized spacial score (nSPS) is 11.3. The molecule has 0 fully saturated rings. The van der Waals surface area contributed by atoms with Crippen molar-refractivity contribution in [3.8, 4) is 45.3 Å². The fraction of sp³-hybridized carbons (Fsp3) is 0. The van der Waals surface area contributed by atoms with E-state index in [0.29, 0.717) is 22.5 Å². The maximum Gasteiger partial charge on any atom is 0.164 e. The van der Waals surface area contributed by atoms with Crippen LogP contribution in [0.5, 0.6) is 0 Å². The summed E-state index contributed by atoms with van der Waals surface area (Å²) in [7, 11) is 0. The van der Waals surface area contributed by atoms with Crippen LogP contribution in [0.3, 0.4) is 0 Å². The number of nitrogens with zero attached hydrogens (tertiary/aromatic N) is 3. The van der Waals surface area contributed by atoms with Gasteiger partial charge in [0.15, 0.2) is 17.5 Å². The van der Waals surface area contributed by atoms with Gasteiger partial charge in [0.05, 0.1) is 0 Å². The summed E-state index contributed by atoms with van der Waals surface area (Å²) >= 11 is 7.97. The molecule has 2 heterocycles. The number of halogens is 1. The Balaban J connectivity index is 1.33. The molecule has 5 heteroatoms. The summed E-state index contributed by atoms with van der Waals surface area (Å²) in [4.78, 5) is 14.5. The molecule has 0 saturated carbocycles. The molecule has 0 bridgehead atoms. The van der Waals surface area contributed by atoms with Gasteiger partial charge in [-0.25, -0.2) is 15.0 Å². The van der Waals surface area contributed by atoms with Crippen LogP contribution in [0, 0.1) is 0 Å². The average molecular weight is 526 g/mol. The lowest BCUT2D eigenvalue weighted by Crippen LogP contribution is -2.00. The molecule has 7 rings (SSSR count). The fourth-order valence-electron chi connectivity index (χ4n) is 4.72. The molecule has 0 spiro atoms. The highest BCUT2D eigenvalue weighted by Crippen LogP contribution is 2.40. The summed E-state index contributed by atoms with van der Waals surface area (Å²) in [6.07, 6.45) is 0. The summed E-state index contributed by atoms with van der Waals surface area (Å²) in [5.41, 5.74) is 5.17. The first-order valence-corrected chi connectivity index (χ1v) is 13.5. The van der Waals surface area contributed by atoms with Gasteiger partial charge in [-0.15, -0.1) is 11.3 Å². The molecule has 0 amide bonds. The van der Waals surface area contributed by atoms with E-state index in [4.69, 9.17) is 26.6 Å². The van der Waals surface area contributed by atoms with Crippen molar-refractivity contribution in [3.63, 3.8) is 0 Å². The Morgan fingerprint density at radius 1 is 0.447 bits per heavy atom. The minimum atomic E-state index is 0.615. The minimum Gasteiger partial charge on any atom is -0.208 e. The Bertz CT molecular complexity index is 1910. The minimum absolute atomic E-state index is 0.615. The van der Waals surface area contributed by atoms with E-state index in [1.807, 2.05) is 65.9 Å². The molecular weight excluding hydrogens is 506 g/mol. The van der Waals surface area contributed by atoms with Crippen molar-refractivity contribution < 1.29 is 0 Å². The number of fused-ring (bicyclic) bond motifs is 3. The molecule has 7 aromatic rings. The van der Waals surface area contributed by atoms with Crippen molar-refractivity contribution in [2.24, 2.45) is 0 Å². The van der Waals surface area contributed by atoms with Crippen LogP contribution in [0.25, 0.3) is 65.5 Å². The summed E-state index contributed by atoms with van der Waals surface area (Å²) < 4.78 is 2.61. The number of benzene rings is 5. The molecule has 5 aromatic carbocycles. The smallest absolute Gasteiger partial charge is 0.164 e. The summed E-state index contributed by atoms with van der Waals surface area (Å²) in [6.45, 7) is 0. The molecule has 2 aromatic heterocycles. The Kier molecular flexibility index (Phi) is 5.69. The van der Waals surface area contributed by atoms with E-state index in [-0.39, 0.29) is 0 Å². The molecule has 0 aliphatic carbocycles. The molecule has 180 valence electrons. The van der Waals surface area contributed by atoms with Crippen molar-refractivity contribution in [1.82, 2.24) is 15.0 Å². The highest BCUT2D eigenvalue weighted by atomic mass is 35.5. The molecule has 0 aliphatic heterocycles. The molecule has 0 aliphatic rings. The van der Waals surface area contributed by atoms with Crippen LogP contribution < -0.4 is 0 Å². The monoisotopic (exact) mass is 525 g/mol. The van der Waals surface area contributed by atoms with Gasteiger partial charge >= 0.3 is 0 Å². The zero-order valence-electron chi connectivity index (χ0n) is 20.2. The summed E-state index contributed by atoms with van der Waals surface area (Å²) in [5.74, 6) is 1.89. The average Bonchev–Trinajstić information content (AvgIpc) is 3.37. The lowest BCUT2D eigenvalue weighted by molar-refractivity contribution is 1.07. The van der Waals surface area contributed by atoms with Crippen LogP contribution in [0.4, 0.5) is 0 Å². The zero-order valence-corrected chi connectivity index (χ0v) is 21.7. The molecular formula is C33H20ClN3S. The molecule has 0 unspecified atom stereocenters. The third-order valence-electron chi connectivity index (χ3n) is 6.63. The number of aromatic nitrogens is 3. The van der Waals surface area contributed by atoms with Gasteiger partial charge < -0.3 is 0 Å². The van der Waals surface area contributed by atoms with E-state index in [1.54, 1.807) is 0 Å².